The van der Waals surface area contributed by atoms with E-state index >= 15 is 0 Å². The Morgan fingerprint density at radius 2 is 2.00 bits per heavy atom. The highest BCUT2D eigenvalue weighted by Gasteiger charge is 2.18. The van der Waals surface area contributed by atoms with E-state index in [1.807, 2.05) is 31.2 Å². The van der Waals surface area contributed by atoms with Gasteiger partial charge in [-0.05, 0) is 67.0 Å². The van der Waals surface area contributed by atoms with Gasteiger partial charge in [-0.25, -0.2) is 4.79 Å². The average molecular weight is 310 g/mol. The number of phenols is 1. The second-order valence-electron chi connectivity index (χ2n) is 6.02. The van der Waals surface area contributed by atoms with Crippen molar-refractivity contribution in [3.63, 3.8) is 0 Å². The van der Waals surface area contributed by atoms with Crippen molar-refractivity contribution < 1.29 is 14.6 Å². The normalized spacial score (nSPS) is 13.4. The number of aryl methyl sites for hydroxylation is 1. The molecule has 3 rings (SSSR count). The molecule has 0 heterocycles. The highest BCUT2D eigenvalue weighted by Crippen LogP contribution is 2.38. The Bertz CT molecular complexity index is 719. The summed E-state index contributed by atoms with van der Waals surface area (Å²) in [5, 5.41) is 10.4. The smallest absolute Gasteiger partial charge is 0.338 e. The molecule has 0 amide bonds. The van der Waals surface area contributed by atoms with Crippen molar-refractivity contribution in [3.05, 3.63) is 53.1 Å². The molecule has 1 aliphatic carbocycles. The summed E-state index contributed by atoms with van der Waals surface area (Å²) in [5.74, 6) is -0.0253. The quantitative estimate of drug-likeness (QED) is 0.845. The van der Waals surface area contributed by atoms with E-state index < -0.39 is 0 Å². The molecule has 2 aromatic rings. The highest BCUT2D eigenvalue weighted by atomic mass is 16.5. The first-order valence-corrected chi connectivity index (χ1v) is 8.32. The molecule has 0 atom stereocenters. The van der Waals surface area contributed by atoms with E-state index in [1.165, 1.54) is 17.5 Å². The molecule has 1 aliphatic rings. The van der Waals surface area contributed by atoms with Crippen LogP contribution in [0.2, 0.25) is 0 Å². The van der Waals surface area contributed by atoms with Gasteiger partial charge in [0.05, 0.1) is 12.2 Å². The van der Waals surface area contributed by atoms with Gasteiger partial charge in [0.1, 0.15) is 5.75 Å². The van der Waals surface area contributed by atoms with Crippen LogP contribution in [-0.2, 0) is 17.6 Å². The van der Waals surface area contributed by atoms with E-state index in [9.17, 15) is 9.90 Å². The number of hydrogen-bond donors (Lipinski definition) is 1. The lowest BCUT2D eigenvalue weighted by atomic mass is 9.85. The maximum absolute atomic E-state index is 12.1. The van der Waals surface area contributed by atoms with Gasteiger partial charge in [-0.3, -0.25) is 0 Å². The fraction of sp³-hybridized carbons (Fsp3) is 0.350. The third kappa shape index (κ3) is 3.24. The minimum atomic E-state index is -0.307. The molecule has 0 aliphatic heterocycles. The molecule has 3 heteroatoms. The molecule has 23 heavy (non-hydrogen) atoms. The van der Waals surface area contributed by atoms with Crippen LogP contribution in [0.5, 0.6) is 5.75 Å². The number of phenolic OH excluding ortho intramolecular Hbond substituents is 1. The number of carbonyl (C=O) groups excluding carboxylic acids is 1. The molecule has 0 saturated carbocycles. The van der Waals surface area contributed by atoms with E-state index in [-0.39, 0.29) is 11.7 Å². The molecule has 0 saturated heterocycles. The number of benzene rings is 2. The molecule has 0 aromatic heterocycles. The largest absolute Gasteiger partial charge is 0.507 e. The summed E-state index contributed by atoms with van der Waals surface area (Å²) in [6.07, 6.45) is 5.17. The number of fused-ring (bicyclic) bond motifs is 1. The summed E-state index contributed by atoms with van der Waals surface area (Å²) in [7, 11) is 0. The maximum Gasteiger partial charge on any atom is 0.338 e. The van der Waals surface area contributed by atoms with Gasteiger partial charge < -0.3 is 9.84 Å². The van der Waals surface area contributed by atoms with Gasteiger partial charge in [0.25, 0.3) is 0 Å². The Balaban J connectivity index is 2.01. The van der Waals surface area contributed by atoms with Gasteiger partial charge in [0.2, 0.25) is 0 Å². The molecular weight excluding hydrogens is 288 g/mol. The van der Waals surface area contributed by atoms with E-state index in [4.69, 9.17) is 4.74 Å². The predicted molar refractivity (Wildman–Crippen MR) is 90.8 cm³/mol. The Morgan fingerprint density at radius 3 is 2.83 bits per heavy atom. The van der Waals surface area contributed by atoms with E-state index in [0.29, 0.717) is 12.2 Å². The third-order valence-corrected chi connectivity index (χ3v) is 4.34. The van der Waals surface area contributed by atoms with Crippen molar-refractivity contribution >= 4 is 5.97 Å². The van der Waals surface area contributed by atoms with Crippen molar-refractivity contribution in [1.29, 1.82) is 0 Å². The van der Waals surface area contributed by atoms with Crippen LogP contribution in [0.15, 0.2) is 36.4 Å². The van der Waals surface area contributed by atoms with Crippen LogP contribution in [0.4, 0.5) is 0 Å². The van der Waals surface area contributed by atoms with Crippen LogP contribution in [0, 0.1) is 0 Å². The number of hydrogen-bond acceptors (Lipinski definition) is 3. The van der Waals surface area contributed by atoms with Crippen molar-refractivity contribution in [2.75, 3.05) is 6.61 Å². The summed E-state index contributed by atoms with van der Waals surface area (Å²) in [4.78, 5) is 12.1. The van der Waals surface area contributed by atoms with E-state index in [1.54, 1.807) is 12.1 Å². The summed E-state index contributed by atoms with van der Waals surface area (Å²) >= 11 is 0. The van der Waals surface area contributed by atoms with Gasteiger partial charge in [0.15, 0.2) is 0 Å². The van der Waals surface area contributed by atoms with Crippen LogP contribution < -0.4 is 0 Å². The zero-order chi connectivity index (χ0) is 16.2. The fourth-order valence-corrected chi connectivity index (χ4v) is 3.22. The minimum Gasteiger partial charge on any atom is -0.507 e. The summed E-state index contributed by atoms with van der Waals surface area (Å²) in [6.45, 7) is 2.40. The minimum absolute atomic E-state index is 0.282. The first-order chi connectivity index (χ1) is 11.2. The number of ether oxygens (including phenoxy) is 1. The number of rotatable bonds is 4. The Kier molecular flexibility index (Phi) is 4.65. The zero-order valence-electron chi connectivity index (χ0n) is 13.5. The number of esters is 1. The zero-order valence-corrected chi connectivity index (χ0v) is 13.5. The molecule has 3 nitrogen and oxygen atoms in total. The van der Waals surface area contributed by atoms with Crippen molar-refractivity contribution in [3.8, 4) is 16.9 Å². The SMILES string of the molecule is CCCOC(=O)c1cccc(-c2c(O)ccc3c2CCCC3)c1. The Hall–Kier alpha value is -2.29. The average Bonchev–Trinajstić information content (AvgIpc) is 2.59. The second kappa shape index (κ2) is 6.86. The molecule has 0 spiro atoms. The van der Waals surface area contributed by atoms with Gasteiger partial charge in [-0.2, -0.15) is 0 Å². The van der Waals surface area contributed by atoms with E-state index in [2.05, 4.69) is 0 Å². The third-order valence-electron chi connectivity index (χ3n) is 4.34. The van der Waals surface area contributed by atoms with Crippen LogP contribution in [0.1, 0.15) is 47.7 Å². The lowest BCUT2D eigenvalue weighted by Gasteiger charge is -2.20. The fourth-order valence-electron chi connectivity index (χ4n) is 3.22. The molecule has 1 N–H and O–H groups in total. The van der Waals surface area contributed by atoms with Gasteiger partial charge >= 0.3 is 5.97 Å². The lowest BCUT2D eigenvalue weighted by molar-refractivity contribution is 0.0505. The van der Waals surface area contributed by atoms with Gasteiger partial charge in [-0.1, -0.05) is 25.1 Å². The molecular formula is C20H22O3. The van der Waals surface area contributed by atoms with Crippen molar-refractivity contribution in [1.82, 2.24) is 0 Å². The molecule has 0 unspecified atom stereocenters. The van der Waals surface area contributed by atoms with Crippen molar-refractivity contribution in [2.45, 2.75) is 39.0 Å². The highest BCUT2D eigenvalue weighted by molar-refractivity contribution is 5.91. The topological polar surface area (TPSA) is 46.5 Å². The first kappa shape index (κ1) is 15.6. The predicted octanol–water partition coefficient (Wildman–Crippen LogP) is 4.50. The maximum atomic E-state index is 12.1. The van der Waals surface area contributed by atoms with Crippen LogP contribution in [-0.4, -0.2) is 17.7 Å². The first-order valence-electron chi connectivity index (χ1n) is 8.32. The van der Waals surface area contributed by atoms with E-state index in [0.717, 1.165) is 36.8 Å². The lowest BCUT2D eigenvalue weighted by Crippen LogP contribution is -2.07. The summed E-state index contributed by atoms with van der Waals surface area (Å²) in [6, 6.07) is 11.2. The van der Waals surface area contributed by atoms with Crippen molar-refractivity contribution in [2.24, 2.45) is 0 Å². The monoisotopic (exact) mass is 310 g/mol. The molecule has 0 radical (unpaired) electrons. The van der Waals surface area contributed by atoms with Crippen LogP contribution >= 0.6 is 0 Å². The number of carbonyl (C=O) groups is 1. The standard InChI is InChI=1S/C20H22O3/c1-2-12-23-20(22)16-8-5-7-15(13-16)19-17-9-4-3-6-14(17)10-11-18(19)21/h5,7-8,10-11,13,21H,2-4,6,9,12H2,1H3. The molecule has 2 aromatic carbocycles. The molecule has 0 bridgehead atoms. The number of aromatic hydroxyl groups is 1. The van der Waals surface area contributed by atoms with Gasteiger partial charge in [0, 0.05) is 5.56 Å². The summed E-state index contributed by atoms with van der Waals surface area (Å²) in [5.41, 5.74) is 4.81. The molecule has 120 valence electrons. The Morgan fingerprint density at radius 1 is 1.17 bits per heavy atom. The second-order valence-corrected chi connectivity index (χ2v) is 6.02. The van der Waals surface area contributed by atoms with Crippen LogP contribution in [0.25, 0.3) is 11.1 Å². The summed E-state index contributed by atoms with van der Waals surface area (Å²) < 4.78 is 5.21. The molecule has 0 fully saturated rings. The van der Waals surface area contributed by atoms with Crippen LogP contribution in [0.3, 0.4) is 0 Å². The van der Waals surface area contributed by atoms with Gasteiger partial charge in [-0.15, -0.1) is 0 Å². The Labute approximate surface area is 136 Å².